The van der Waals surface area contributed by atoms with Gasteiger partial charge in [0.05, 0.1) is 12.4 Å². The van der Waals surface area contributed by atoms with E-state index >= 15 is 0 Å². The quantitative estimate of drug-likeness (QED) is 0.842. The maximum Gasteiger partial charge on any atom is 0.289 e. The number of piperidine rings is 1. The van der Waals surface area contributed by atoms with Gasteiger partial charge < -0.3 is 18.6 Å². The van der Waals surface area contributed by atoms with Crippen molar-refractivity contribution in [2.45, 2.75) is 44.3 Å². The van der Waals surface area contributed by atoms with Gasteiger partial charge in [0.2, 0.25) is 0 Å². The smallest absolute Gasteiger partial charge is 0.289 e. The molecule has 122 valence electrons. The third kappa shape index (κ3) is 3.29. The number of carbonyl (C=O) groups is 1. The Bertz CT molecular complexity index is 663. The highest BCUT2D eigenvalue weighted by Crippen LogP contribution is 2.38. The third-order valence-corrected chi connectivity index (χ3v) is 4.27. The summed E-state index contributed by atoms with van der Waals surface area (Å²) in [5.41, 5.74) is 0. The Morgan fingerprint density at radius 1 is 1.39 bits per heavy atom. The molecular formula is C16H19N3O4. The highest BCUT2D eigenvalue weighted by molar-refractivity contribution is 5.91. The van der Waals surface area contributed by atoms with Crippen LogP contribution in [-0.4, -0.2) is 40.1 Å². The Kier molecular flexibility index (Phi) is 3.87. The summed E-state index contributed by atoms with van der Waals surface area (Å²) in [5, 5.41) is 3.98. The van der Waals surface area contributed by atoms with Crippen molar-refractivity contribution in [3.05, 3.63) is 35.9 Å². The van der Waals surface area contributed by atoms with Gasteiger partial charge in [-0.1, -0.05) is 5.16 Å². The molecule has 0 spiro atoms. The SMILES string of the molecule is O=C(c1ccco1)N1CCC[C@H](OCc2nc(C3CC3)no2)C1. The molecule has 1 atom stereocenters. The van der Waals surface area contributed by atoms with Crippen LogP contribution in [0.2, 0.25) is 0 Å². The number of aromatic nitrogens is 2. The molecule has 2 fully saturated rings. The molecule has 1 saturated carbocycles. The maximum absolute atomic E-state index is 12.3. The second kappa shape index (κ2) is 6.16. The first-order chi connectivity index (χ1) is 11.3. The lowest BCUT2D eigenvalue weighted by Gasteiger charge is -2.31. The average molecular weight is 317 g/mol. The minimum absolute atomic E-state index is 0.0149. The molecule has 4 rings (SSSR count). The van der Waals surface area contributed by atoms with E-state index in [1.807, 2.05) is 0 Å². The monoisotopic (exact) mass is 317 g/mol. The van der Waals surface area contributed by atoms with Crippen LogP contribution in [0.1, 0.15) is 53.9 Å². The van der Waals surface area contributed by atoms with Crippen molar-refractivity contribution in [2.24, 2.45) is 0 Å². The van der Waals surface area contributed by atoms with Crippen LogP contribution in [0, 0.1) is 0 Å². The normalized spacial score (nSPS) is 21.6. The summed E-state index contributed by atoms with van der Waals surface area (Å²) in [4.78, 5) is 18.4. The number of likely N-dealkylation sites (tertiary alicyclic amines) is 1. The minimum Gasteiger partial charge on any atom is -0.459 e. The molecule has 0 N–H and O–H groups in total. The molecule has 1 saturated heterocycles. The van der Waals surface area contributed by atoms with Crippen LogP contribution in [-0.2, 0) is 11.3 Å². The largest absolute Gasteiger partial charge is 0.459 e. The summed E-state index contributed by atoms with van der Waals surface area (Å²) in [6.45, 7) is 1.59. The number of furan rings is 1. The number of hydrogen-bond donors (Lipinski definition) is 0. The first-order valence-electron chi connectivity index (χ1n) is 8.06. The Labute approximate surface area is 133 Å². The summed E-state index contributed by atoms with van der Waals surface area (Å²) < 4.78 is 16.2. The fourth-order valence-corrected chi connectivity index (χ4v) is 2.84. The summed E-state index contributed by atoms with van der Waals surface area (Å²) in [5.74, 6) is 2.07. The molecular weight excluding hydrogens is 298 g/mol. The van der Waals surface area contributed by atoms with Gasteiger partial charge in [0.1, 0.15) is 6.61 Å². The van der Waals surface area contributed by atoms with Crippen molar-refractivity contribution in [1.29, 1.82) is 0 Å². The predicted molar refractivity (Wildman–Crippen MR) is 78.7 cm³/mol. The lowest BCUT2D eigenvalue weighted by Crippen LogP contribution is -2.43. The average Bonchev–Trinajstić information content (AvgIpc) is 3.11. The van der Waals surface area contributed by atoms with E-state index in [1.165, 1.54) is 6.26 Å². The van der Waals surface area contributed by atoms with E-state index in [-0.39, 0.29) is 12.0 Å². The molecule has 0 unspecified atom stereocenters. The molecule has 7 heteroatoms. The van der Waals surface area contributed by atoms with E-state index in [2.05, 4.69) is 10.1 Å². The van der Waals surface area contributed by atoms with Gasteiger partial charge in [-0.15, -0.1) is 0 Å². The van der Waals surface area contributed by atoms with Gasteiger partial charge in [-0.3, -0.25) is 4.79 Å². The van der Waals surface area contributed by atoms with Crippen molar-refractivity contribution in [1.82, 2.24) is 15.0 Å². The van der Waals surface area contributed by atoms with Gasteiger partial charge in [-0.05, 0) is 37.8 Å². The zero-order valence-corrected chi connectivity index (χ0v) is 12.8. The molecule has 1 amide bonds. The molecule has 3 heterocycles. The fourth-order valence-electron chi connectivity index (χ4n) is 2.84. The van der Waals surface area contributed by atoms with Gasteiger partial charge in [0.15, 0.2) is 11.6 Å². The molecule has 0 bridgehead atoms. The summed E-state index contributed by atoms with van der Waals surface area (Å²) in [7, 11) is 0. The number of hydrogen-bond acceptors (Lipinski definition) is 6. The molecule has 0 aromatic carbocycles. The first kappa shape index (κ1) is 14.4. The van der Waals surface area contributed by atoms with Gasteiger partial charge in [0, 0.05) is 19.0 Å². The van der Waals surface area contributed by atoms with Crippen molar-refractivity contribution in [3.8, 4) is 0 Å². The van der Waals surface area contributed by atoms with Crippen LogP contribution in [0.15, 0.2) is 27.3 Å². The van der Waals surface area contributed by atoms with Crippen LogP contribution >= 0.6 is 0 Å². The van der Waals surface area contributed by atoms with E-state index < -0.39 is 0 Å². The van der Waals surface area contributed by atoms with Gasteiger partial charge >= 0.3 is 0 Å². The molecule has 7 nitrogen and oxygen atoms in total. The molecule has 2 aromatic heterocycles. The molecule has 1 aliphatic heterocycles. The summed E-state index contributed by atoms with van der Waals surface area (Å²) >= 11 is 0. The zero-order chi connectivity index (χ0) is 15.6. The van der Waals surface area contributed by atoms with Crippen molar-refractivity contribution in [3.63, 3.8) is 0 Å². The second-order valence-electron chi connectivity index (χ2n) is 6.12. The Morgan fingerprint density at radius 3 is 3.09 bits per heavy atom. The van der Waals surface area contributed by atoms with E-state index in [0.29, 0.717) is 30.7 Å². The number of carbonyl (C=O) groups excluding carboxylic acids is 1. The lowest BCUT2D eigenvalue weighted by molar-refractivity contribution is -0.0160. The van der Waals surface area contributed by atoms with Crippen LogP contribution in [0.4, 0.5) is 0 Å². The van der Waals surface area contributed by atoms with Crippen LogP contribution in [0.25, 0.3) is 0 Å². The third-order valence-electron chi connectivity index (χ3n) is 4.27. The Hall–Kier alpha value is -2.15. The van der Waals surface area contributed by atoms with Crippen molar-refractivity contribution in [2.75, 3.05) is 13.1 Å². The van der Waals surface area contributed by atoms with E-state index in [1.54, 1.807) is 17.0 Å². The van der Waals surface area contributed by atoms with Gasteiger partial charge in [-0.2, -0.15) is 4.98 Å². The fraction of sp³-hybridized carbons (Fsp3) is 0.562. The number of rotatable bonds is 5. The minimum atomic E-state index is -0.0860. The molecule has 23 heavy (non-hydrogen) atoms. The number of amides is 1. The zero-order valence-electron chi connectivity index (χ0n) is 12.8. The Balaban J connectivity index is 1.31. The van der Waals surface area contributed by atoms with E-state index in [0.717, 1.165) is 38.1 Å². The Morgan fingerprint density at radius 2 is 2.30 bits per heavy atom. The van der Waals surface area contributed by atoms with E-state index in [9.17, 15) is 4.79 Å². The lowest BCUT2D eigenvalue weighted by atomic mass is 10.1. The second-order valence-corrected chi connectivity index (χ2v) is 6.12. The molecule has 0 radical (unpaired) electrons. The van der Waals surface area contributed by atoms with Crippen molar-refractivity contribution < 1.29 is 18.5 Å². The highest BCUT2D eigenvalue weighted by Gasteiger charge is 2.29. The van der Waals surface area contributed by atoms with Crippen molar-refractivity contribution >= 4 is 5.91 Å². The van der Waals surface area contributed by atoms with Gasteiger partial charge in [0.25, 0.3) is 11.8 Å². The topological polar surface area (TPSA) is 81.6 Å². The maximum atomic E-state index is 12.3. The number of ether oxygens (including phenoxy) is 1. The molecule has 1 aliphatic carbocycles. The van der Waals surface area contributed by atoms with Gasteiger partial charge in [-0.25, -0.2) is 0 Å². The van der Waals surface area contributed by atoms with Crippen LogP contribution in [0.5, 0.6) is 0 Å². The first-order valence-corrected chi connectivity index (χ1v) is 8.06. The molecule has 2 aromatic rings. The predicted octanol–water partition coefficient (Wildman–Crippen LogP) is 2.36. The summed E-state index contributed by atoms with van der Waals surface area (Å²) in [6.07, 6.45) is 5.62. The van der Waals surface area contributed by atoms with E-state index in [4.69, 9.17) is 13.7 Å². The summed E-state index contributed by atoms with van der Waals surface area (Å²) in [6, 6.07) is 3.41. The van der Waals surface area contributed by atoms with Crippen LogP contribution < -0.4 is 0 Å². The molecule has 2 aliphatic rings. The van der Waals surface area contributed by atoms with Crippen LogP contribution in [0.3, 0.4) is 0 Å². The highest BCUT2D eigenvalue weighted by atomic mass is 16.5. The number of nitrogens with zero attached hydrogens (tertiary/aromatic N) is 3. The standard InChI is InChI=1S/C16H19N3O4/c20-16(13-4-2-8-21-13)19-7-1-3-12(9-19)22-10-14-17-15(18-23-14)11-5-6-11/h2,4,8,11-12H,1,3,5-7,9-10H2/t12-/m0/s1.